The van der Waals surface area contributed by atoms with Crippen LogP contribution in [-0.4, -0.2) is 35.7 Å². The minimum absolute atomic E-state index is 0.0326. The van der Waals surface area contributed by atoms with Gasteiger partial charge in [-0.05, 0) is 22.0 Å². The third-order valence-electron chi connectivity index (χ3n) is 1.91. The highest BCUT2D eigenvalue weighted by atomic mass is 79.9. The Labute approximate surface area is 129 Å². The quantitative estimate of drug-likeness (QED) is 0.709. The van der Waals surface area contributed by atoms with E-state index in [4.69, 9.17) is 11.6 Å². The fourth-order valence-corrected chi connectivity index (χ4v) is 5.69. The summed E-state index contributed by atoms with van der Waals surface area (Å²) < 4.78 is 51.4. The van der Waals surface area contributed by atoms with Crippen molar-refractivity contribution in [1.82, 2.24) is 9.44 Å². The highest BCUT2D eigenvalue weighted by Gasteiger charge is 2.19. The van der Waals surface area contributed by atoms with Crippen LogP contribution in [0, 0.1) is 0 Å². The molecular weight excluding hydrogens is 400 g/mol. The van der Waals surface area contributed by atoms with Crippen LogP contribution in [-0.2, 0) is 20.0 Å². The van der Waals surface area contributed by atoms with E-state index in [1.165, 1.54) is 6.07 Å². The standard InChI is InChI=1S/C8H12BrClN2O4S3/c1-2-11-18(13,14)4-3-12-19(15,16)7-5-6(10)8(9)17-7/h5,11-12H,2-4H2,1H3. The normalized spacial score (nSPS) is 12.8. The Balaban J connectivity index is 2.67. The van der Waals surface area contributed by atoms with E-state index in [2.05, 4.69) is 25.4 Å². The van der Waals surface area contributed by atoms with Gasteiger partial charge < -0.3 is 0 Å². The molecule has 0 unspecified atom stereocenters. The lowest BCUT2D eigenvalue weighted by Crippen LogP contribution is -2.34. The Morgan fingerprint density at radius 2 is 1.95 bits per heavy atom. The fraction of sp³-hybridized carbons (Fsp3) is 0.500. The van der Waals surface area contributed by atoms with Gasteiger partial charge in [0.05, 0.1) is 14.6 Å². The van der Waals surface area contributed by atoms with E-state index in [1.54, 1.807) is 6.92 Å². The van der Waals surface area contributed by atoms with Crippen LogP contribution in [0.2, 0.25) is 5.02 Å². The van der Waals surface area contributed by atoms with Crippen LogP contribution < -0.4 is 9.44 Å². The van der Waals surface area contributed by atoms with Gasteiger partial charge >= 0.3 is 0 Å². The van der Waals surface area contributed by atoms with Gasteiger partial charge in [-0.1, -0.05) is 18.5 Å². The third-order valence-corrected chi connectivity index (χ3v) is 7.79. The Morgan fingerprint density at radius 1 is 1.32 bits per heavy atom. The molecule has 0 fully saturated rings. The van der Waals surface area contributed by atoms with Gasteiger partial charge in [0.15, 0.2) is 0 Å². The largest absolute Gasteiger partial charge is 0.250 e. The molecule has 0 aromatic carbocycles. The molecule has 1 heterocycles. The topological polar surface area (TPSA) is 92.3 Å². The molecule has 110 valence electrons. The van der Waals surface area contributed by atoms with Crippen LogP contribution in [0.3, 0.4) is 0 Å². The molecule has 0 aliphatic rings. The Kier molecular flexibility index (Phi) is 6.24. The second-order valence-electron chi connectivity index (χ2n) is 3.40. The molecule has 1 aromatic rings. The van der Waals surface area contributed by atoms with Crippen LogP contribution in [0.1, 0.15) is 6.92 Å². The van der Waals surface area contributed by atoms with Gasteiger partial charge in [-0.2, -0.15) is 0 Å². The van der Waals surface area contributed by atoms with Crippen molar-refractivity contribution in [2.45, 2.75) is 11.1 Å². The summed E-state index contributed by atoms with van der Waals surface area (Å²) >= 11 is 9.82. The summed E-state index contributed by atoms with van der Waals surface area (Å²) in [4.78, 5) is 0. The highest BCUT2D eigenvalue weighted by Crippen LogP contribution is 2.34. The van der Waals surface area contributed by atoms with E-state index < -0.39 is 20.0 Å². The predicted molar refractivity (Wildman–Crippen MR) is 79.7 cm³/mol. The summed E-state index contributed by atoms with van der Waals surface area (Å²) in [5, 5.41) is 0.297. The molecule has 0 amide bonds. The predicted octanol–water partition coefficient (Wildman–Crippen LogP) is 1.38. The Hall–Kier alpha value is 0.290. The molecule has 1 rings (SSSR count). The molecule has 0 saturated carbocycles. The van der Waals surface area contributed by atoms with E-state index in [1.807, 2.05) is 0 Å². The lowest BCUT2D eigenvalue weighted by Gasteiger charge is -2.06. The van der Waals surface area contributed by atoms with Crippen molar-refractivity contribution in [3.8, 4) is 0 Å². The first-order chi connectivity index (χ1) is 8.68. The summed E-state index contributed by atoms with van der Waals surface area (Å²) in [6.07, 6.45) is 0. The lowest BCUT2D eigenvalue weighted by molar-refractivity contribution is 0.577. The van der Waals surface area contributed by atoms with Crippen LogP contribution in [0.4, 0.5) is 0 Å². The monoisotopic (exact) mass is 410 g/mol. The van der Waals surface area contributed by atoms with E-state index in [9.17, 15) is 16.8 Å². The van der Waals surface area contributed by atoms with E-state index >= 15 is 0 Å². The molecule has 6 nitrogen and oxygen atoms in total. The second kappa shape index (κ2) is 6.83. The van der Waals surface area contributed by atoms with Crippen molar-refractivity contribution in [2.24, 2.45) is 0 Å². The lowest BCUT2D eigenvalue weighted by atomic mass is 10.7. The molecule has 1 aromatic heterocycles. The molecule has 0 atom stereocenters. The second-order valence-corrected chi connectivity index (χ2v) is 10.1. The fourth-order valence-electron chi connectivity index (χ4n) is 1.13. The maximum Gasteiger partial charge on any atom is 0.250 e. The maximum absolute atomic E-state index is 11.8. The minimum atomic E-state index is -3.74. The number of halogens is 2. The van der Waals surface area contributed by atoms with E-state index in [0.717, 1.165) is 11.3 Å². The van der Waals surface area contributed by atoms with E-state index in [-0.39, 0.29) is 23.1 Å². The van der Waals surface area contributed by atoms with Gasteiger partial charge in [0.25, 0.3) is 0 Å². The Morgan fingerprint density at radius 3 is 2.42 bits per heavy atom. The number of thiophene rings is 1. The van der Waals surface area contributed by atoms with Gasteiger partial charge in [-0.25, -0.2) is 26.3 Å². The van der Waals surface area contributed by atoms with Crippen LogP contribution >= 0.6 is 38.9 Å². The first kappa shape index (κ1) is 17.3. The van der Waals surface area contributed by atoms with Gasteiger partial charge in [-0.3, -0.25) is 0 Å². The SMILES string of the molecule is CCNS(=O)(=O)CCNS(=O)(=O)c1cc(Cl)c(Br)s1. The van der Waals surface area contributed by atoms with Crippen molar-refractivity contribution < 1.29 is 16.8 Å². The maximum atomic E-state index is 11.8. The minimum Gasteiger partial charge on any atom is -0.215 e. The van der Waals surface area contributed by atoms with Gasteiger partial charge in [0.2, 0.25) is 20.0 Å². The van der Waals surface area contributed by atoms with Crippen molar-refractivity contribution in [1.29, 1.82) is 0 Å². The van der Waals surface area contributed by atoms with E-state index in [0.29, 0.717) is 8.81 Å². The van der Waals surface area contributed by atoms with Gasteiger partial charge in [0, 0.05) is 13.1 Å². The molecule has 0 radical (unpaired) electrons. The number of hydrogen-bond acceptors (Lipinski definition) is 5. The summed E-state index contributed by atoms with van der Waals surface area (Å²) in [5.74, 6) is -0.319. The first-order valence-corrected chi connectivity index (χ1v) is 10.2. The summed E-state index contributed by atoms with van der Waals surface area (Å²) in [7, 11) is -7.19. The molecule has 0 aliphatic heterocycles. The average Bonchev–Trinajstić information content (AvgIpc) is 2.59. The van der Waals surface area contributed by atoms with Crippen LogP contribution in [0.15, 0.2) is 14.1 Å². The van der Waals surface area contributed by atoms with Crippen molar-refractivity contribution in [2.75, 3.05) is 18.8 Å². The first-order valence-electron chi connectivity index (χ1n) is 5.10. The molecule has 2 N–H and O–H groups in total. The highest BCUT2D eigenvalue weighted by molar-refractivity contribution is 9.11. The number of sulfonamides is 2. The third kappa shape index (κ3) is 5.29. The van der Waals surface area contributed by atoms with Crippen LogP contribution in [0.25, 0.3) is 0 Å². The molecule has 11 heteroatoms. The van der Waals surface area contributed by atoms with Crippen molar-refractivity contribution in [3.63, 3.8) is 0 Å². The summed E-state index contributed by atoms with van der Waals surface area (Å²) in [5.41, 5.74) is 0. The zero-order chi connectivity index (χ0) is 14.7. The summed E-state index contributed by atoms with van der Waals surface area (Å²) in [6.45, 7) is 1.71. The van der Waals surface area contributed by atoms with Crippen molar-refractivity contribution >= 4 is 58.9 Å². The number of nitrogens with one attached hydrogen (secondary N) is 2. The zero-order valence-corrected chi connectivity index (χ0v) is 14.6. The number of hydrogen-bond donors (Lipinski definition) is 2. The molecule has 0 aliphatic carbocycles. The zero-order valence-electron chi connectivity index (χ0n) is 9.81. The molecule has 19 heavy (non-hydrogen) atoms. The molecule has 0 spiro atoms. The van der Waals surface area contributed by atoms with Gasteiger partial charge in [-0.15, -0.1) is 11.3 Å². The molecule has 0 saturated heterocycles. The molecular formula is C8H12BrClN2O4S3. The smallest absolute Gasteiger partial charge is 0.215 e. The van der Waals surface area contributed by atoms with Crippen molar-refractivity contribution in [3.05, 3.63) is 14.9 Å². The Bertz CT molecular complexity index is 621. The van der Waals surface area contributed by atoms with Crippen LogP contribution in [0.5, 0.6) is 0 Å². The molecule has 0 bridgehead atoms. The summed E-state index contributed by atoms with van der Waals surface area (Å²) in [6, 6.07) is 1.30. The average molecular weight is 412 g/mol. The van der Waals surface area contributed by atoms with Gasteiger partial charge in [0.1, 0.15) is 4.21 Å². The number of rotatable bonds is 7.